The van der Waals surface area contributed by atoms with Crippen LogP contribution in [0.15, 0.2) is 24.4 Å². The Morgan fingerprint density at radius 2 is 2.18 bits per heavy atom. The fourth-order valence-electron chi connectivity index (χ4n) is 3.04. The average molecular weight is 298 g/mol. The summed E-state index contributed by atoms with van der Waals surface area (Å²) in [6, 6.07) is 6.06. The normalized spacial score (nSPS) is 14.5. The summed E-state index contributed by atoms with van der Waals surface area (Å²) in [5.74, 6) is 0.979. The van der Waals surface area contributed by atoms with E-state index in [9.17, 15) is 4.79 Å². The molecule has 2 aromatic rings. The van der Waals surface area contributed by atoms with E-state index in [2.05, 4.69) is 16.1 Å². The Hall–Kier alpha value is -2.17. The van der Waals surface area contributed by atoms with Gasteiger partial charge >= 0.3 is 0 Å². The van der Waals surface area contributed by atoms with Crippen LogP contribution >= 0.6 is 0 Å². The van der Waals surface area contributed by atoms with Crippen LogP contribution in [0.2, 0.25) is 0 Å². The molecule has 1 aliphatic rings. The summed E-state index contributed by atoms with van der Waals surface area (Å²) in [6.45, 7) is 5.38. The molecule has 116 valence electrons. The molecule has 0 aliphatic carbocycles. The van der Waals surface area contributed by atoms with Crippen LogP contribution in [0.5, 0.6) is 0 Å². The van der Waals surface area contributed by atoms with Gasteiger partial charge < -0.3 is 0 Å². The second-order valence-electron chi connectivity index (χ2n) is 5.89. The van der Waals surface area contributed by atoms with Gasteiger partial charge in [0.05, 0.1) is 5.69 Å². The molecule has 5 heteroatoms. The molecule has 0 saturated carbocycles. The van der Waals surface area contributed by atoms with Crippen LogP contribution in [-0.4, -0.2) is 27.2 Å². The maximum absolute atomic E-state index is 12.6. The van der Waals surface area contributed by atoms with E-state index in [-0.39, 0.29) is 5.91 Å². The third kappa shape index (κ3) is 3.03. The first-order chi connectivity index (χ1) is 10.6. The lowest BCUT2D eigenvalue weighted by Gasteiger charge is -2.21. The van der Waals surface area contributed by atoms with E-state index < -0.39 is 0 Å². The van der Waals surface area contributed by atoms with E-state index in [1.54, 1.807) is 6.20 Å². The molecule has 3 rings (SSSR count). The molecule has 0 atom stereocenters. The van der Waals surface area contributed by atoms with Crippen molar-refractivity contribution in [3.8, 4) is 0 Å². The van der Waals surface area contributed by atoms with Crippen molar-refractivity contribution in [1.82, 2.24) is 14.8 Å². The van der Waals surface area contributed by atoms with Crippen LogP contribution in [-0.2, 0) is 17.8 Å². The maximum Gasteiger partial charge on any atom is 0.230 e. The summed E-state index contributed by atoms with van der Waals surface area (Å²) in [4.78, 5) is 18.9. The molecule has 1 aliphatic heterocycles. The monoisotopic (exact) mass is 298 g/mol. The van der Waals surface area contributed by atoms with E-state index in [0.29, 0.717) is 13.0 Å². The molecule has 0 saturated heterocycles. The smallest absolute Gasteiger partial charge is 0.230 e. The van der Waals surface area contributed by atoms with Crippen molar-refractivity contribution in [3.63, 3.8) is 0 Å². The van der Waals surface area contributed by atoms with Gasteiger partial charge in [0.25, 0.3) is 0 Å². The average Bonchev–Trinajstić information content (AvgIpc) is 2.72. The van der Waals surface area contributed by atoms with Crippen LogP contribution in [0.4, 0.5) is 5.82 Å². The van der Waals surface area contributed by atoms with Crippen LogP contribution in [0.1, 0.15) is 36.2 Å². The van der Waals surface area contributed by atoms with Gasteiger partial charge in [-0.05, 0) is 50.8 Å². The highest BCUT2D eigenvalue weighted by Gasteiger charge is 2.22. The van der Waals surface area contributed by atoms with Crippen molar-refractivity contribution in [2.24, 2.45) is 0 Å². The van der Waals surface area contributed by atoms with Gasteiger partial charge in [0.2, 0.25) is 5.91 Å². The lowest BCUT2D eigenvalue weighted by atomic mass is 10.1. The molecule has 3 heterocycles. The Labute approximate surface area is 131 Å². The van der Waals surface area contributed by atoms with Crippen molar-refractivity contribution in [1.29, 1.82) is 0 Å². The minimum atomic E-state index is 0.134. The highest BCUT2D eigenvalue weighted by molar-refractivity contribution is 5.93. The summed E-state index contributed by atoms with van der Waals surface area (Å²) in [5, 5.41) is 4.42. The number of pyridine rings is 1. The van der Waals surface area contributed by atoms with Crippen molar-refractivity contribution in [3.05, 3.63) is 41.3 Å². The summed E-state index contributed by atoms with van der Waals surface area (Å²) >= 11 is 0. The highest BCUT2D eigenvalue weighted by Crippen LogP contribution is 2.24. The summed E-state index contributed by atoms with van der Waals surface area (Å²) < 4.78 is 1.91. The number of aryl methyl sites for hydroxylation is 4. The molecule has 1 amide bonds. The number of fused-ring (bicyclic) bond motifs is 1. The second kappa shape index (κ2) is 6.30. The van der Waals surface area contributed by atoms with Crippen LogP contribution in [0.3, 0.4) is 0 Å². The van der Waals surface area contributed by atoms with Gasteiger partial charge in [-0.2, -0.15) is 5.10 Å². The van der Waals surface area contributed by atoms with Gasteiger partial charge in [0.1, 0.15) is 5.82 Å². The summed E-state index contributed by atoms with van der Waals surface area (Å²) in [5.41, 5.74) is 3.27. The maximum atomic E-state index is 12.6. The molecule has 0 aromatic carbocycles. The summed E-state index contributed by atoms with van der Waals surface area (Å²) in [6.07, 6.45) is 5.37. The zero-order valence-corrected chi connectivity index (χ0v) is 13.2. The highest BCUT2D eigenvalue weighted by atomic mass is 16.2. The molecule has 0 fully saturated rings. The van der Waals surface area contributed by atoms with Crippen molar-refractivity contribution in [2.75, 3.05) is 11.4 Å². The molecule has 2 aromatic heterocycles. The van der Waals surface area contributed by atoms with Crippen LogP contribution < -0.4 is 4.90 Å². The topological polar surface area (TPSA) is 51.0 Å². The van der Waals surface area contributed by atoms with Crippen molar-refractivity contribution < 1.29 is 4.79 Å². The molecule has 0 bridgehead atoms. The fourth-order valence-corrected chi connectivity index (χ4v) is 3.04. The quantitative estimate of drug-likeness (QED) is 0.875. The van der Waals surface area contributed by atoms with E-state index in [1.165, 1.54) is 5.56 Å². The zero-order valence-electron chi connectivity index (χ0n) is 13.2. The third-order valence-corrected chi connectivity index (χ3v) is 4.14. The molecular formula is C17H22N4O. The Bertz CT molecular complexity index is 677. The van der Waals surface area contributed by atoms with Gasteiger partial charge in [-0.25, -0.2) is 4.98 Å². The number of aromatic nitrogens is 3. The number of hydrogen-bond acceptors (Lipinski definition) is 3. The molecule has 5 nitrogen and oxygen atoms in total. The minimum absolute atomic E-state index is 0.134. The number of nitrogens with zero attached hydrogens (tertiary/aromatic N) is 4. The van der Waals surface area contributed by atoms with E-state index in [1.807, 2.05) is 35.6 Å². The number of carbonyl (C=O) groups excluding carboxylic acids is 1. The number of carbonyl (C=O) groups is 1. The van der Waals surface area contributed by atoms with Crippen LogP contribution in [0, 0.1) is 13.8 Å². The van der Waals surface area contributed by atoms with Crippen LogP contribution in [0.25, 0.3) is 0 Å². The fraction of sp³-hybridized carbons (Fsp3) is 0.471. The first-order valence-electron chi connectivity index (χ1n) is 7.90. The molecule has 0 unspecified atom stereocenters. The van der Waals surface area contributed by atoms with Crippen molar-refractivity contribution >= 4 is 11.7 Å². The minimum Gasteiger partial charge on any atom is -0.297 e. The number of hydrogen-bond donors (Lipinski definition) is 0. The predicted molar refractivity (Wildman–Crippen MR) is 85.8 cm³/mol. The Kier molecular flexibility index (Phi) is 4.22. The molecular weight excluding hydrogens is 276 g/mol. The predicted octanol–water partition coefficient (Wildman–Crippen LogP) is 2.65. The Morgan fingerprint density at radius 1 is 1.32 bits per heavy atom. The van der Waals surface area contributed by atoms with Gasteiger partial charge in [-0.1, -0.05) is 6.07 Å². The summed E-state index contributed by atoms with van der Waals surface area (Å²) in [7, 11) is 0. The third-order valence-electron chi connectivity index (χ3n) is 4.14. The number of amides is 1. The van der Waals surface area contributed by atoms with Gasteiger partial charge in [0.15, 0.2) is 0 Å². The largest absolute Gasteiger partial charge is 0.297 e. The van der Waals surface area contributed by atoms with Gasteiger partial charge in [-0.15, -0.1) is 0 Å². The van der Waals surface area contributed by atoms with E-state index >= 15 is 0 Å². The Morgan fingerprint density at radius 3 is 2.95 bits per heavy atom. The molecule has 0 radical (unpaired) electrons. The Balaban J connectivity index is 1.73. The standard InChI is InChI=1S/C17H22N4O/c1-13-12-14(2)21(19-13)11-8-16(22)20-10-4-3-6-15-7-5-9-18-17(15)20/h5,7,9,12H,3-4,6,8,10-11H2,1-2H3. The second-order valence-corrected chi connectivity index (χ2v) is 5.89. The van der Waals surface area contributed by atoms with Gasteiger partial charge in [-0.3, -0.25) is 14.4 Å². The first-order valence-corrected chi connectivity index (χ1v) is 7.90. The molecule has 22 heavy (non-hydrogen) atoms. The van der Waals surface area contributed by atoms with Crippen molar-refractivity contribution in [2.45, 2.75) is 46.1 Å². The number of rotatable bonds is 3. The molecule has 0 N–H and O–H groups in total. The zero-order chi connectivity index (χ0) is 15.5. The van der Waals surface area contributed by atoms with E-state index in [0.717, 1.165) is 43.0 Å². The SMILES string of the molecule is Cc1cc(C)n(CCC(=O)N2CCCCc3cccnc32)n1. The lowest BCUT2D eigenvalue weighted by Crippen LogP contribution is -2.33. The first kappa shape index (κ1) is 14.8. The molecule has 0 spiro atoms. The van der Waals surface area contributed by atoms with Gasteiger partial charge in [0, 0.05) is 31.4 Å². The lowest BCUT2D eigenvalue weighted by molar-refractivity contribution is -0.118. The number of anilines is 1. The van der Waals surface area contributed by atoms with E-state index in [4.69, 9.17) is 0 Å².